The second-order valence-corrected chi connectivity index (χ2v) is 6.14. The van der Waals surface area contributed by atoms with Gasteiger partial charge in [-0.25, -0.2) is 0 Å². The summed E-state index contributed by atoms with van der Waals surface area (Å²) < 4.78 is 22.5. The number of benzene rings is 2. The molecular weight excluding hydrogens is 376 g/mol. The molecule has 122 valence electrons. The number of ether oxygens (including phenoxy) is 4. The van der Waals surface area contributed by atoms with Crippen molar-refractivity contribution < 1.29 is 23.7 Å². The van der Waals surface area contributed by atoms with Gasteiger partial charge in [0.05, 0.1) is 0 Å². The van der Waals surface area contributed by atoms with Crippen molar-refractivity contribution in [1.29, 1.82) is 0 Å². The molecule has 0 radical (unpaired) electrons. The zero-order chi connectivity index (χ0) is 16.5. The van der Waals surface area contributed by atoms with E-state index in [1.165, 1.54) is 6.08 Å². The summed E-state index contributed by atoms with van der Waals surface area (Å²) in [6, 6.07) is 8.85. The molecule has 6 heteroatoms. The van der Waals surface area contributed by atoms with E-state index in [-0.39, 0.29) is 12.6 Å². The van der Waals surface area contributed by atoms with Crippen molar-refractivity contribution >= 4 is 27.8 Å². The van der Waals surface area contributed by atoms with Crippen LogP contribution in [-0.2, 0) is 0 Å². The summed E-state index contributed by atoms with van der Waals surface area (Å²) in [5.74, 6) is 2.52. The molecule has 0 saturated carbocycles. The molecule has 0 bridgehead atoms. The van der Waals surface area contributed by atoms with Crippen molar-refractivity contribution in [2.24, 2.45) is 0 Å². The SMILES string of the molecule is O=C(C=Cc1cc2c(cc1Br)OCO2)c1ccc2c(c1)OCCO2. The molecule has 0 saturated heterocycles. The van der Waals surface area contributed by atoms with Crippen molar-refractivity contribution in [2.75, 3.05) is 20.0 Å². The van der Waals surface area contributed by atoms with E-state index in [4.69, 9.17) is 18.9 Å². The minimum absolute atomic E-state index is 0.114. The van der Waals surface area contributed by atoms with Crippen molar-refractivity contribution in [3.63, 3.8) is 0 Å². The van der Waals surface area contributed by atoms with Crippen molar-refractivity contribution in [3.05, 3.63) is 52.0 Å². The van der Waals surface area contributed by atoms with Gasteiger partial charge >= 0.3 is 0 Å². The van der Waals surface area contributed by atoms with E-state index in [1.807, 2.05) is 12.1 Å². The van der Waals surface area contributed by atoms with Crippen LogP contribution in [0.1, 0.15) is 15.9 Å². The van der Waals surface area contributed by atoms with Gasteiger partial charge in [0.2, 0.25) is 6.79 Å². The van der Waals surface area contributed by atoms with Gasteiger partial charge in [-0.3, -0.25) is 4.79 Å². The lowest BCUT2D eigenvalue weighted by molar-refractivity contribution is 0.104. The predicted molar refractivity (Wildman–Crippen MR) is 91.1 cm³/mol. The van der Waals surface area contributed by atoms with Crippen LogP contribution in [0.4, 0.5) is 0 Å². The number of halogens is 1. The molecule has 0 spiro atoms. The first-order chi connectivity index (χ1) is 11.7. The van der Waals surface area contributed by atoms with E-state index in [1.54, 1.807) is 24.3 Å². The molecule has 5 nitrogen and oxygen atoms in total. The Morgan fingerprint density at radius 3 is 2.46 bits per heavy atom. The molecule has 0 atom stereocenters. The summed E-state index contributed by atoms with van der Waals surface area (Å²) in [7, 11) is 0. The highest BCUT2D eigenvalue weighted by Crippen LogP contribution is 2.37. The average Bonchev–Trinajstić information content (AvgIpc) is 3.06. The number of fused-ring (bicyclic) bond motifs is 2. The largest absolute Gasteiger partial charge is 0.486 e. The second kappa shape index (κ2) is 6.20. The molecule has 0 N–H and O–H groups in total. The molecule has 2 aliphatic rings. The zero-order valence-electron chi connectivity index (χ0n) is 12.6. The topological polar surface area (TPSA) is 54.0 Å². The maximum Gasteiger partial charge on any atom is 0.231 e. The normalized spacial score (nSPS) is 14.9. The van der Waals surface area contributed by atoms with Crippen molar-refractivity contribution in [2.45, 2.75) is 0 Å². The third-order valence-corrected chi connectivity index (χ3v) is 4.42. The van der Waals surface area contributed by atoms with E-state index in [9.17, 15) is 4.79 Å². The summed E-state index contributed by atoms with van der Waals surface area (Å²) >= 11 is 3.47. The van der Waals surface area contributed by atoms with Gasteiger partial charge in [-0.15, -0.1) is 0 Å². The first kappa shape index (κ1) is 15.1. The Hall–Kier alpha value is -2.47. The Balaban J connectivity index is 1.57. The molecule has 0 aliphatic carbocycles. The molecule has 2 aromatic carbocycles. The minimum atomic E-state index is -0.114. The first-order valence-electron chi connectivity index (χ1n) is 7.42. The fourth-order valence-corrected chi connectivity index (χ4v) is 2.97. The van der Waals surface area contributed by atoms with Gasteiger partial charge in [0, 0.05) is 10.0 Å². The minimum Gasteiger partial charge on any atom is -0.486 e. The van der Waals surface area contributed by atoms with E-state index in [2.05, 4.69) is 15.9 Å². The molecule has 2 aromatic rings. The summed E-state index contributed by atoms with van der Waals surface area (Å²) in [6.07, 6.45) is 3.26. The number of hydrogen-bond acceptors (Lipinski definition) is 5. The van der Waals surface area contributed by atoms with Gasteiger partial charge in [0.1, 0.15) is 13.2 Å². The Labute approximate surface area is 146 Å². The highest BCUT2D eigenvalue weighted by molar-refractivity contribution is 9.10. The Kier molecular flexibility index (Phi) is 3.90. The van der Waals surface area contributed by atoms with Crippen LogP contribution in [0.5, 0.6) is 23.0 Å². The highest BCUT2D eigenvalue weighted by Gasteiger charge is 2.16. The number of ketones is 1. The van der Waals surface area contributed by atoms with E-state index < -0.39 is 0 Å². The lowest BCUT2D eigenvalue weighted by Gasteiger charge is -2.18. The van der Waals surface area contributed by atoms with Crippen molar-refractivity contribution in [3.8, 4) is 23.0 Å². The molecule has 0 unspecified atom stereocenters. The fraction of sp³-hybridized carbons (Fsp3) is 0.167. The quantitative estimate of drug-likeness (QED) is 0.590. The average molecular weight is 389 g/mol. The summed E-state index contributed by atoms with van der Waals surface area (Å²) in [5.41, 5.74) is 1.39. The summed E-state index contributed by atoms with van der Waals surface area (Å²) in [4.78, 5) is 12.4. The molecule has 2 aliphatic heterocycles. The Morgan fingerprint density at radius 1 is 0.917 bits per heavy atom. The van der Waals surface area contributed by atoms with Crippen LogP contribution in [0.25, 0.3) is 6.08 Å². The number of hydrogen-bond donors (Lipinski definition) is 0. The third-order valence-electron chi connectivity index (χ3n) is 3.73. The van der Waals surface area contributed by atoms with Crippen LogP contribution in [0.3, 0.4) is 0 Å². The first-order valence-corrected chi connectivity index (χ1v) is 8.21. The Bertz CT molecular complexity index is 844. The van der Waals surface area contributed by atoms with Crippen LogP contribution >= 0.6 is 15.9 Å². The third kappa shape index (κ3) is 2.85. The van der Waals surface area contributed by atoms with E-state index in [0.717, 1.165) is 10.0 Å². The smallest absolute Gasteiger partial charge is 0.231 e. The van der Waals surface area contributed by atoms with Crippen molar-refractivity contribution in [1.82, 2.24) is 0 Å². The maximum absolute atomic E-state index is 12.4. The maximum atomic E-state index is 12.4. The highest BCUT2D eigenvalue weighted by atomic mass is 79.9. The predicted octanol–water partition coefficient (Wildman–Crippen LogP) is 3.85. The van der Waals surface area contributed by atoms with Crippen LogP contribution in [-0.4, -0.2) is 25.8 Å². The van der Waals surface area contributed by atoms with Crippen LogP contribution in [0.15, 0.2) is 40.9 Å². The number of rotatable bonds is 3. The molecule has 0 amide bonds. The van der Waals surface area contributed by atoms with Gasteiger partial charge in [-0.1, -0.05) is 15.9 Å². The summed E-state index contributed by atoms with van der Waals surface area (Å²) in [6.45, 7) is 1.23. The molecule has 24 heavy (non-hydrogen) atoms. The lowest BCUT2D eigenvalue weighted by atomic mass is 10.1. The molecule has 0 aromatic heterocycles. The van der Waals surface area contributed by atoms with Gasteiger partial charge in [-0.05, 0) is 48.0 Å². The van der Waals surface area contributed by atoms with Crippen LogP contribution in [0, 0.1) is 0 Å². The second-order valence-electron chi connectivity index (χ2n) is 5.28. The van der Waals surface area contributed by atoms with Crippen LogP contribution in [0.2, 0.25) is 0 Å². The van der Waals surface area contributed by atoms with Crippen LogP contribution < -0.4 is 18.9 Å². The monoisotopic (exact) mass is 388 g/mol. The number of allylic oxidation sites excluding steroid dienone is 1. The summed E-state index contributed by atoms with van der Waals surface area (Å²) in [5, 5.41) is 0. The zero-order valence-corrected chi connectivity index (χ0v) is 14.2. The molecule has 4 rings (SSSR count). The standard InChI is InChI=1S/C18H13BrO5/c19-13-9-18-17(23-10-24-18)7-11(13)1-3-14(20)12-2-4-15-16(8-12)22-6-5-21-15/h1-4,7-9H,5-6,10H2. The Morgan fingerprint density at radius 2 is 1.62 bits per heavy atom. The lowest BCUT2D eigenvalue weighted by Crippen LogP contribution is -2.15. The molecule has 2 heterocycles. The van der Waals surface area contributed by atoms with Gasteiger partial charge in [-0.2, -0.15) is 0 Å². The molecular formula is C18H13BrO5. The van der Waals surface area contributed by atoms with Gasteiger partial charge in [0.15, 0.2) is 28.8 Å². The van der Waals surface area contributed by atoms with Gasteiger partial charge in [0.25, 0.3) is 0 Å². The van der Waals surface area contributed by atoms with E-state index >= 15 is 0 Å². The molecule has 0 fully saturated rings. The number of carbonyl (C=O) groups is 1. The number of carbonyl (C=O) groups excluding carboxylic acids is 1. The van der Waals surface area contributed by atoms with E-state index in [0.29, 0.717) is 41.8 Å². The van der Waals surface area contributed by atoms with Gasteiger partial charge < -0.3 is 18.9 Å². The fourth-order valence-electron chi connectivity index (χ4n) is 2.52.